The summed E-state index contributed by atoms with van der Waals surface area (Å²) >= 11 is 6.04. The van der Waals surface area contributed by atoms with Crippen LogP contribution in [0.2, 0.25) is 5.02 Å². The number of imidazole rings is 1. The molecule has 1 aliphatic rings. The molecular formula is C16H21ClN4O. The fourth-order valence-corrected chi connectivity index (χ4v) is 3.17. The SMILES string of the molecule is CC(=O)N1CCCN(Cc2nc3cc(Cl)ccc3n2C)CC1. The van der Waals surface area contributed by atoms with Crippen LogP contribution in [0.5, 0.6) is 0 Å². The van der Waals surface area contributed by atoms with Crippen molar-refractivity contribution in [2.75, 3.05) is 26.2 Å². The number of halogens is 1. The Morgan fingerprint density at radius 3 is 2.86 bits per heavy atom. The largest absolute Gasteiger partial charge is 0.342 e. The van der Waals surface area contributed by atoms with Crippen LogP contribution in [0.1, 0.15) is 19.2 Å². The van der Waals surface area contributed by atoms with Gasteiger partial charge in [-0.25, -0.2) is 4.98 Å². The first-order chi connectivity index (χ1) is 10.5. The molecule has 0 bridgehead atoms. The zero-order valence-corrected chi connectivity index (χ0v) is 13.8. The summed E-state index contributed by atoms with van der Waals surface area (Å²) in [6.07, 6.45) is 1.01. The summed E-state index contributed by atoms with van der Waals surface area (Å²) in [6, 6.07) is 5.81. The predicted octanol–water partition coefficient (Wildman–Crippen LogP) is 2.28. The predicted molar refractivity (Wildman–Crippen MR) is 87.9 cm³/mol. The molecule has 0 aliphatic carbocycles. The van der Waals surface area contributed by atoms with Crippen LogP contribution in [0.3, 0.4) is 0 Å². The van der Waals surface area contributed by atoms with Crippen molar-refractivity contribution in [2.24, 2.45) is 7.05 Å². The third-order valence-corrected chi connectivity index (χ3v) is 4.57. The van der Waals surface area contributed by atoms with Crippen LogP contribution in [0.4, 0.5) is 0 Å². The van der Waals surface area contributed by atoms with Crippen molar-refractivity contribution >= 4 is 28.5 Å². The van der Waals surface area contributed by atoms with E-state index in [9.17, 15) is 4.79 Å². The van der Waals surface area contributed by atoms with Crippen molar-refractivity contribution in [3.63, 3.8) is 0 Å². The minimum atomic E-state index is 0.166. The number of aromatic nitrogens is 2. The van der Waals surface area contributed by atoms with Gasteiger partial charge in [0.1, 0.15) is 5.82 Å². The number of hydrogen-bond donors (Lipinski definition) is 0. The molecule has 1 amide bonds. The molecule has 118 valence electrons. The number of aryl methyl sites for hydroxylation is 1. The molecule has 1 aromatic carbocycles. The Labute approximate surface area is 135 Å². The van der Waals surface area contributed by atoms with Gasteiger partial charge in [-0.05, 0) is 24.6 Å². The lowest BCUT2D eigenvalue weighted by molar-refractivity contribution is -0.128. The molecule has 0 atom stereocenters. The Balaban J connectivity index is 1.75. The summed E-state index contributed by atoms with van der Waals surface area (Å²) < 4.78 is 2.12. The van der Waals surface area contributed by atoms with Crippen LogP contribution in [-0.4, -0.2) is 51.4 Å². The van der Waals surface area contributed by atoms with Gasteiger partial charge in [0, 0.05) is 45.2 Å². The second-order valence-corrected chi connectivity index (χ2v) is 6.29. The second-order valence-electron chi connectivity index (χ2n) is 5.86. The van der Waals surface area contributed by atoms with Crippen molar-refractivity contribution in [3.05, 3.63) is 29.0 Å². The van der Waals surface area contributed by atoms with Gasteiger partial charge in [0.2, 0.25) is 5.91 Å². The lowest BCUT2D eigenvalue weighted by Crippen LogP contribution is -2.33. The Morgan fingerprint density at radius 2 is 2.09 bits per heavy atom. The molecule has 0 N–H and O–H groups in total. The zero-order chi connectivity index (χ0) is 15.7. The first-order valence-corrected chi connectivity index (χ1v) is 8.01. The molecule has 1 saturated heterocycles. The van der Waals surface area contributed by atoms with Crippen LogP contribution in [0, 0.1) is 0 Å². The molecule has 6 heteroatoms. The molecule has 3 rings (SSSR count). The van der Waals surface area contributed by atoms with Crippen molar-refractivity contribution in [2.45, 2.75) is 19.9 Å². The highest BCUT2D eigenvalue weighted by molar-refractivity contribution is 6.31. The molecule has 0 spiro atoms. The normalized spacial score (nSPS) is 17.0. The third kappa shape index (κ3) is 3.10. The maximum absolute atomic E-state index is 11.5. The van der Waals surface area contributed by atoms with Crippen LogP contribution < -0.4 is 0 Å². The highest BCUT2D eigenvalue weighted by Gasteiger charge is 2.18. The van der Waals surface area contributed by atoms with Gasteiger partial charge < -0.3 is 9.47 Å². The van der Waals surface area contributed by atoms with E-state index in [0.29, 0.717) is 5.02 Å². The topological polar surface area (TPSA) is 41.4 Å². The van der Waals surface area contributed by atoms with Gasteiger partial charge in [-0.3, -0.25) is 9.69 Å². The summed E-state index contributed by atoms with van der Waals surface area (Å²) in [5, 5.41) is 0.712. The number of benzene rings is 1. The summed E-state index contributed by atoms with van der Waals surface area (Å²) in [5.41, 5.74) is 2.03. The summed E-state index contributed by atoms with van der Waals surface area (Å²) in [4.78, 5) is 20.5. The van der Waals surface area contributed by atoms with Crippen molar-refractivity contribution in [1.82, 2.24) is 19.4 Å². The van der Waals surface area contributed by atoms with E-state index in [-0.39, 0.29) is 5.91 Å². The van der Waals surface area contributed by atoms with Gasteiger partial charge in [0.25, 0.3) is 0 Å². The number of rotatable bonds is 2. The quantitative estimate of drug-likeness (QED) is 0.852. The van der Waals surface area contributed by atoms with Crippen LogP contribution in [0.15, 0.2) is 18.2 Å². The van der Waals surface area contributed by atoms with Gasteiger partial charge in [-0.1, -0.05) is 11.6 Å². The minimum Gasteiger partial charge on any atom is -0.342 e. The van der Waals surface area contributed by atoms with E-state index < -0.39 is 0 Å². The molecule has 0 saturated carbocycles. The smallest absolute Gasteiger partial charge is 0.219 e. The van der Waals surface area contributed by atoms with E-state index in [2.05, 4.69) is 9.47 Å². The Bertz CT molecular complexity index is 697. The van der Waals surface area contributed by atoms with Crippen LogP contribution in [0.25, 0.3) is 11.0 Å². The lowest BCUT2D eigenvalue weighted by atomic mass is 10.3. The highest BCUT2D eigenvalue weighted by Crippen LogP contribution is 2.20. The average molecular weight is 321 g/mol. The fraction of sp³-hybridized carbons (Fsp3) is 0.500. The van der Waals surface area contributed by atoms with E-state index >= 15 is 0 Å². The molecule has 2 heterocycles. The first kappa shape index (κ1) is 15.3. The Hall–Kier alpha value is -1.59. The Kier molecular flexibility index (Phi) is 4.36. The van der Waals surface area contributed by atoms with Gasteiger partial charge in [0.15, 0.2) is 0 Å². The van der Waals surface area contributed by atoms with E-state index in [0.717, 1.165) is 56.0 Å². The lowest BCUT2D eigenvalue weighted by Gasteiger charge is -2.20. The third-order valence-electron chi connectivity index (χ3n) is 4.33. The summed E-state index contributed by atoms with van der Waals surface area (Å²) in [5.74, 6) is 1.20. The van der Waals surface area contributed by atoms with Crippen LogP contribution in [-0.2, 0) is 18.4 Å². The number of amides is 1. The minimum absolute atomic E-state index is 0.166. The molecule has 22 heavy (non-hydrogen) atoms. The molecule has 1 aliphatic heterocycles. The number of fused-ring (bicyclic) bond motifs is 1. The monoisotopic (exact) mass is 320 g/mol. The van der Waals surface area contributed by atoms with Crippen molar-refractivity contribution in [1.29, 1.82) is 0 Å². The number of nitrogens with zero attached hydrogens (tertiary/aromatic N) is 4. The fourth-order valence-electron chi connectivity index (χ4n) is 3.01. The van der Waals surface area contributed by atoms with Gasteiger partial charge >= 0.3 is 0 Å². The van der Waals surface area contributed by atoms with Gasteiger partial charge in [0.05, 0.1) is 17.6 Å². The van der Waals surface area contributed by atoms with E-state index in [1.54, 1.807) is 6.92 Å². The maximum atomic E-state index is 11.5. The maximum Gasteiger partial charge on any atom is 0.219 e. The van der Waals surface area contributed by atoms with Gasteiger partial charge in [-0.15, -0.1) is 0 Å². The van der Waals surface area contributed by atoms with E-state index in [4.69, 9.17) is 16.6 Å². The summed E-state index contributed by atoms with van der Waals surface area (Å²) in [7, 11) is 2.04. The highest BCUT2D eigenvalue weighted by atomic mass is 35.5. The number of carbonyl (C=O) groups excluding carboxylic acids is 1. The number of hydrogen-bond acceptors (Lipinski definition) is 3. The zero-order valence-electron chi connectivity index (χ0n) is 13.0. The first-order valence-electron chi connectivity index (χ1n) is 7.63. The van der Waals surface area contributed by atoms with Gasteiger partial charge in [-0.2, -0.15) is 0 Å². The van der Waals surface area contributed by atoms with Crippen molar-refractivity contribution in [3.8, 4) is 0 Å². The molecular weight excluding hydrogens is 300 g/mol. The molecule has 0 unspecified atom stereocenters. The molecule has 2 aromatic rings. The standard InChI is InChI=1S/C16H21ClN4O/c1-12(22)21-7-3-6-20(8-9-21)11-16-18-14-10-13(17)4-5-15(14)19(16)2/h4-5,10H,3,6-9,11H2,1-2H3. The average Bonchev–Trinajstić information content (AvgIpc) is 2.65. The molecule has 1 aromatic heterocycles. The molecule has 5 nitrogen and oxygen atoms in total. The second kappa shape index (κ2) is 6.26. The van der Waals surface area contributed by atoms with Crippen molar-refractivity contribution < 1.29 is 4.79 Å². The van der Waals surface area contributed by atoms with Crippen LogP contribution >= 0.6 is 11.6 Å². The van der Waals surface area contributed by atoms with E-state index in [1.807, 2.05) is 30.1 Å². The molecule has 0 radical (unpaired) electrons. The summed E-state index contributed by atoms with van der Waals surface area (Å²) in [6.45, 7) is 5.98. The molecule has 1 fully saturated rings. The Morgan fingerprint density at radius 1 is 1.27 bits per heavy atom. The number of carbonyl (C=O) groups is 1. The van der Waals surface area contributed by atoms with E-state index in [1.165, 1.54) is 0 Å².